The van der Waals surface area contributed by atoms with Crippen molar-refractivity contribution in [2.45, 2.75) is 19.9 Å². The summed E-state index contributed by atoms with van der Waals surface area (Å²) in [5, 5.41) is 11.4. The molecule has 4 heteroatoms. The Bertz CT molecular complexity index is 407. The molecule has 1 aromatic carbocycles. The standard InChI is InChI=1S/C10H12N4/c1-8(10-6-4-3-5-7-10)14-9(2)11-12-13-14/h3-8H,1-2H3/t8-/m0/s1. The molecular formula is C10H12N4. The van der Waals surface area contributed by atoms with Crippen LogP contribution in [0.3, 0.4) is 0 Å². The van der Waals surface area contributed by atoms with Crippen molar-refractivity contribution >= 4 is 0 Å². The second-order valence-corrected chi connectivity index (χ2v) is 3.26. The maximum atomic E-state index is 3.95. The lowest BCUT2D eigenvalue weighted by Gasteiger charge is -2.11. The van der Waals surface area contributed by atoms with Gasteiger partial charge in [0.05, 0.1) is 6.04 Å². The van der Waals surface area contributed by atoms with Gasteiger partial charge in [-0.2, -0.15) is 0 Å². The van der Waals surface area contributed by atoms with Crippen molar-refractivity contribution in [1.82, 2.24) is 20.2 Å². The van der Waals surface area contributed by atoms with Gasteiger partial charge >= 0.3 is 0 Å². The number of hydrogen-bond donors (Lipinski definition) is 0. The minimum absolute atomic E-state index is 0.186. The van der Waals surface area contributed by atoms with E-state index in [1.807, 2.05) is 29.8 Å². The molecule has 14 heavy (non-hydrogen) atoms. The van der Waals surface area contributed by atoms with Crippen molar-refractivity contribution in [1.29, 1.82) is 0 Å². The van der Waals surface area contributed by atoms with Crippen LogP contribution in [0.1, 0.15) is 24.4 Å². The van der Waals surface area contributed by atoms with E-state index in [0.717, 1.165) is 5.82 Å². The van der Waals surface area contributed by atoms with E-state index < -0.39 is 0 Å². The molecule has 1 atom stereocenters. The molecule has 4 nitrogen and oxygen atoms in total. The highest BCUT2D eigenvalue weighted by Gasteiger charge is 2.10. The van der Waals surface area contributed by atoms with Gasteiger partial charge in [0.15, 0.2) is 0 Å². The summed E-state index contributed by atoms with van der Waals surface area (Å²) in [4.78, 5) is 0. The number of tetrazole rings is 1. The van der Waals surface area contributed by atoms with E-state index in [1.54, 1.807) is 0 Å². The first-order chi connectivity index (χ1) is 6.79. The fourth-order valence-corrected chi connectivity index (χ4v) is 1.47. The smallest absolute Gasteiger partial charge is 0.148 e. The maximum Gasteiger partial charge on any atom is 0.148 e. The lowest BCUT2D eigenvalue weighted by atomic mass is 10.1. The van der Waals surface area contributed by atoms with Crippen LogP contribution in [0.5, 0.6) is 0 Å². The van der Waals surface area contributed by atoms with Gasteiger partial charge < -0.3 is 0 Å². The summed E-state index contributed by atoms with van der Waals surface area (Å²) in [6.07, 6.45) is 0. The van der Waals surface area contributed by atoms with Crippen LogP contribution in [0.4, 0.5) is 0 Å². The van der Waals surface area contributed by atoms with Crippen LogP contribution in [-0.4, -0.2) is 20.2 Å². The minimum atomic E-state index is 0.186. The fourth-order valence-electron chi connectivity index (χ4n) is 1.47. The second-order valence-electron chi connectivity index (χ2n) is 3.26. The van der Waals surface area contributed by atoms with E-state index in [2.05, 4.69) is 34.6 Å². The van der Waals surface area contributed by atoms with Crippen molar-refractivity contribution in [2.75, 3.05) is 0 Å². The molecule has 1 aromatic heterocycles. The first-order valence-corrected chi connectivity index (χ1v) is 4.58. The summed E-state index contributed by atoms with van der Waals surface area (Å²) < 4.78 is 1.81. The molecule has 2 rings (SSSR count). The number of rotatable bonds is 2. The predicted molar refractivity (Wildman–Crippen MR) is 52.8 cm³/mol. The monoisotopic (exact) mass is 188 g/mol. The minimum Gasteiger partial charge on any atom is -0.223 e. The average molecular weight is 188 g/mol. The van der Waals surface area contributed by atoms with E-state index >= 15 is 0 Å². The first kappa shape index (κ1) is 8.87. The predicted octanol–water partition coefficient (Wildman–Crippen LogP) is 1.59. The average Bonchev–Trinajstić information content (AvgIpc) is 2.65. The lowest BCUT2D eigenvalue weighted by Crippen LogP contribution is -2.10. The summed E-state index contributed by atoms with van der Waals surface area (Å²) in [7, 11) is 0. The zero-order chi connectivity index (χ0) is 9.97. The summed E-state index contributed by atoms with van der Waals surface area (Å²) in [5.74, 6) is 0.835. The molecular weight excluding hydrogens is 176 g/mol. The van der Waals surface area contributed by atoms with Crippen LogP contribution >= 0.6 is 0 Å². The van der Waals surface area contributed by atoms with Gasteiger partial charge in [0.2, 0.25) is 0 Å². The zero-order valence-electron chi connectivity index (χ0n) is 8.25. The van der Waals surface area contributed by atoms with Gasteiger partial charge in [0.1, 0.15) is 5.82 Å². The molecule has 0 bridgehead atoms. The van der Waals surface area contributed by atoms with Gasteiger partial charge in [-0.25, -0.2) is 4.68 Å². The zero-order valence-corrected chi connectivity index (χ0v) is 8.25. The first-order valence-electron chi connectivity index (χ1n) is 4.58. The number of aryl methyl sites for hydroxylation is 1. The summed E-state index contributed by atoms with van der Waals surface area (Å²) in [6, 6.07) is 10.4. The Hall–Kier alpha value is -1.71. The van der Waals surface area contributed by atoms with Gasteiger partial charge in [-0.15, -0.1) is 5.10 Å². The Morgan fingerprint density at radius 3 is 2.50 bits per heavy atom. The van der Waals surface area contributed by atoms with Crippen molar-refractivity contribution in [3.05, 3.63) is 41.7 Å². The van der Waals surface area contributed by atoms with E-state index in [-0.39, 0.29) is 6.04 Å². The SMILES string of the molecule is Cc1nnnn1[C@@H](C)c1ccccc1. The van der Waals surface area contributed by atoms with Crippen molar-refractivity contribution in [3.8, 4) is 0 Å². The molecule has 2 aromatic rings. The van der Waals surface area contributed by atoms with Crippen LogP contribution in [0.2, 0.25) is 0 Å². The Balaban J connectivity index is 2.34. The number of nitrogens with zero attached hydrogens (tertiary/aromatic N) is 4. The highest BCUT2D eigenvalue weighted by molar-refractivity contribution is 5.18. The maximum absolute atomic E-state index is 3.95. The molecule has 0 amide bonds. The third kappa shape index (κ3) is 1.51. The van der Waals surface area contributed by atoms with E-state index in [0.29, 0.717) is 0 Å². The van der Waals surface area contributed by atoms with Crippen molar-refractivity contribution < 1.29 is 0 Å². The molecule has 0 N–H and O–H groups in total. The van der Waals surface area contributed by atoms with Crippen LogP contribution in [0.25, 0.3) is 0 Å². The van der Waals surface area contributed by atoms with Gasteiger partial charge in [-0.05, 0) is 29.8 Å². The van der Waals surface area contributed by atoms with Crippen LogP contribution < -0.4 is 0 Å². The van der Waals surface area contributed by atoms with Crippen molar-refractivity contribution in [2.24, 2.45) is 0 Å². The molecule has 0 spiro atoms. The largest absolute Gasteiger partial charge is 0.223 e. The highest BCUT2D eigenvalue weighted by Crippen LogP contribution is 2.16. The van der Waals surface area contributed by atoms with Crippen LogP contribution in [0.15, 0.2) is 30.3 Å². The Labute approximate surface area is 82.6 Å². The fraction of sp³-hybridized carbons (Fsp3) is 0.300. The Morgan fingerprint density at radius 2 is 1.93 bits per heavy atom. The summed E-state index contributed by atoms with van der Waals surface area (Å²) in [5.41, 5.74) is 1.21. The molecule has 0 aliphatic carbocycles. The summed E-state index contributed by atoms with van der Waals surface area (Å²) >= 11 is 0. The number of hydrogen-bond acceptors (Lipinski definition) is 3. The van der Waals surface area contributed by atoms with Gasteiger partial charge in [0, 0.05) is 0 Å². The third-order valence-electron chi connectivity index (χ3n) is 2.31. The van der Waals surface area contributed by atoms with Gasteiger partial charge in [-0.3, -0.25) is 0 Å². The molecule has 0 unspecified atom stereocenters. The summed E-state index contributed by atoms with van der Waals surface area (Å²) in [6.45, 7) is 3.98. The molecule has 0 fully saturated rings. The second kappa shape index (κ2) is 3.57. The molecule has 0 saturated heterocycles. The van der Waals surface area contributed by atoms with E-state index in [4.69, 9.17) is 0 Å². The Morgan fingerprint density at radius 1 is 1.21 bits per heavy atom. The highest BCUT2D eigenvalue weighted by atomic mass is 15.5. The quantitative estimate of drug-likeness (QED) is 0.718. The normalized spacial score (nSPS) is 12.7. The van der Waals surface area contributed by atoms with Crippen molar-refractivity contribution in [3.63, 3.8) is 0 Å². The van der Waals surface area contributed by atoms with Crippen LogP contribution in [0, 0.1) is 6.92 Å². The Kier molecular flexibility index (Phi) is 2.26. The molecule has 0 aliphatic rings. The molecule has 1 heterocycles. The molecule has 0 aliphatic heterocycles. The lowest BCUT2D eigenvalue weighted by molar-refractivity contribution is 0.530. The van der Waals surface area contributed by atoms with Crippen LogP contribution in [-0.2, 0) is 0 Å². The van der Waals surface area contributed by atoms with Gasteiger partial charge in [0.25, 0.3) is 0 Å². The number of benzene rings is 1. The molecule has 72 valence electrons. The van der Waals surface area contributed by atoms with E-state index in [1.165, 1.54) is 5.56 Å². The van der Waals surface area contributed by atoms with E-state index in [9.17, 15) is 0 Å². The number of aromatic nitrogens is 4. The van der Waals surface area contributed by atoms with Gasteiger partial charge in [-0.1, -0.05) is 30.3 Å². The molecule has 0 radical (unpaired) electrons. The molecule has 0 saturated carbocycles. The topological polar surface area (TPSA) is 43.6 Å². The third-order valence-corrected chi connectivity index (χ3v) is 2.31.